The molecule has 3 nitrogen and oxygen atoms in total. The molecule has 1 heterocycles. The summed E-state index contributed by atoms with van der Waals surface area (Å²) in [4.78, 5) is 0. The third-order valence-corrected chi connectivity index (χ3v) is 6.23. The van der Waals surface area contributed by atoms with Crippen molar-refractivity contribution in [2.45, 2.75) is 77.4 Å². The van der Waals surface area contributed by atoms with Crippen LogP contribution in [0.15, 0.2) is 12.1 Å². The molecule has 5 heteroatoms. The number of rotatable bonds is 8. The van der Waals surface area contributed by atoms with Crippen LogP contribution in [0.5, 0.6) is 5.75 Å². The van der Waals surface area contributed by atoms with E-state index in [1.807, 2.05) is 0 Å². The zero-order chi connectivity index (χ0) is 19.9. The lowest BCUT2D eigenvalue weighted by Crippen LogP contribution is -2.30. The summed E-state index contributed by atoms with van der Waals surface area (Å²) in [6.45, 7) is 5.42. The summed E-state index contributed by atoms with van der Waals surface area (Å²) in [6.07, 6.45) is 8.98. The molecule has 0 aromatic heterocycles. The molecule has 158 valence electrons. The molecule has 1 aliphatic heterocycles. The molecule has 0 N–H and O–H groups in total. The molecule has 0 spiro atoms. The fourth-order valence-electron chi connectivity index (χ4n) is 4.57. The molecule has 2 fully saturated rings. The van der Waals surface area contributed by atoms with Crippen molar-refractivity contribution in [3.63, 3.8) is 0 Å². The van der Waals surface area contributed by atoms with Crippen LogP contribution in [0.25, 0.3) is 0 Å². The monoisotopic (exact) mass is 396 g/mol. The molecule has 2 unspecified atom stereocenters. The predicted octanol–water partition coefficient (Wildman–Crippen LogP) is 6.21. The summed E-state index contributed by atoms with van der Waals surface area (Å²) in [5.41, 5.74) is 0.369. The molecule has 0 radical (unpaired) electrons. The van der Waals surface area contributed by atoms with E-state index in [4.69, 9.17) is 14.2 Å². The van der Waals surface area contributed by atoms with E-state index >= 15 is 0 Å². The average Bonchev–Trinajstić information content (AvgIpc) is 2.72. The third-order valence-electron chi connectivity index (χ3n) is 6.23. The van der Waals surface area contributed by atoms with Crippen LogP contribution in [-0.4, -0.2) is 26.1 Å². The van der Waals surface area contributed by atoms with Crippen LogP contribution in [0, 0.1) is 23.5 Å². The minimum absolute atomic E-state index is 0.0321. The van der Waals surface area contributed by atoms with Gasteiger partial charge < -0.3 is 14.2 Å². The molecule has 2 atom stereocenters. The third kappa shape index (κ3) is 5.44. The Balaban J connectivity index is 1.43. The van der Waals surface area contributed by atoms with Crippen molar-refractivity contribution in [2.24, 2.45) is 11.8 Å². The summed E-state index contributed by atoms with van der Waals surface area (Å²) >= 11 is 0. The Kier molecular flexibility index (Phi) is 8.10. The van der Waals surface area contributed by atoms with Crippen LogP contribution in [0.3, 0.4) is 0 Å². The summed E-state index contributed by atoms with van der Waals surface area (Å²) in [6, 6.07) is 3.13. The Morgan fingerprint density at radius 2 is 1.71 bits per heavy atom. The zero-order valence-corrected chi connectivity index (χ0v) is 17.2. The number of hydrogen-bond donors (Lipinski definition) is 0. The second-order valence-electron chi connectivity index (χ2n) is 8.26. The summed E-state index contributed by atoms with van der Waals surface area (Å²) in [5.74, 6) is -0.367. The van der Waals surface area contributed by atoms with E-state index in [2.05, 4.69) is 6.92 Å². The lowest BCUT2D eigenvalue weighted by atomic mass is 9.80. The van der Waals surface area contributed by atoms with Crippen LogP contribution in [0.2, 0.25) is 0 Å². The fourth-order valence-corrected chi connectivity index (χ4v) is 4.57. The van der Waals surface area contributed by atoms with Gasteiger partial charge in [0.15, 0.2) is 17.9 Å². The maximum atomic E-state index is 14.4. The van der Waals surface area contributed by atoms with Crippen molar-refractivity contribution in [1.82, 2.24) is 0 Å². The Bertz CT molecular complexity index is 606. The molecule has 1 aliphatic carbocycles. The SMILES string of the molecule is CCCC1CCC(COC2CCC(c3ccc(OCC)c(F)c3F)CO2)CC1. The lowest BCUT2D eigenvalue weighted by molar-refractivity contribution is -0.175. The van der Waals surface area contributed by atoms with Gasteiger partial charge in [-0.15, -0.1) is 0 Å². The Morgan fingerprint density at radius 3 is 2.36 bits per heavy atom. The van der Waals surface area contributed by atoms with Gasteiger partial charge in [0.2, 0.25) is 5.82 Å². The van der Waals surface area contributed by atoms with E-state index in [0.717, 1.165) is 18.9 Å². The van der Waals surface area contributed by atoms with Gasteiger partial charge in [0.1, 0.15) is 0 Å². The second-order valence-corrected chi connectivity index (χ2v) is 8.26. The van der Waals surface area contributed by atoms with Crippen molar-refractivity contribution >= 4 is 0 Å². The summed E-state index contributed by atoms with van der Waals surface area (Å²) in [7, 11) is 0. The number of halogens is 2. The van der Waals surface area contributed by atoms with Crippen molar-refractivity contribution in [2.75, 3.05) is 19.8 Å². The summed E-state index contributed by atoms with van der Waals surface area (Å²) in [5, 5.41) is 0. The van der Waals surface area contributed by atoms with E-state index < -0.39 is 11.6 Å². The maximum absolute atomic E-state index is 14.4. The van der Waals surface area contributed by atoms with Crippen LogP contribution in [-0.2, 0) is 9.47 Å². The van der Waals surface area contributed by atoms with Gasteiger partial charge in [-0.2, -0.15) is 4.39 Å². The maximum Gasteiger partial charge on any atom is 0.200 e. The Morgan fingerprint density at radius 1 is 0.964 bits per heavy atom. The van der Waals surface area contributed by atoms with E-state index in [1.54, 1.807) is 13.0 Å². The highest BCUT2D eigenvalue weighted by atomic mass is 19.2. The first-order valence-electron chi connectivity index (χ1n) is 11.0. The minimum Gasteiger partial charge on any atom is -0.491 e. The first-order chi connectivity index (χ1) is 13.6. The van der Waals surface area contributed by atoms with Gasteiger partial charge in [0.25, 0.3) is 0 Å². The lowest BCUT2D eigenvalue weighted by Gasteiger charge is -2.32. The largest absolute Gasteiger partial charge is 0.491 e. The number of benzene rings is 1. The molecule has 2 aliphatic rings. The molecular weight excluding hydrogens is 362 g/mol. The molecular formula is C23H34F2O3. The van der Waals surface area contributed by atoms with Crippen molar-refractivity contribution < 1.29 is 23.0 Å². The molecule has 1 aromatic rings. The van der Waals surface area contributed by atoms with Gasteiger partial charge in [-0.1, -0.05) is 38.7 Å². The average molecular weight is 397 g/mol. The van der Waals surface area contributed by atoms with Crippen molar-refractivity contribution in [3.05, 3.63) is 29.3 Å². The van der Waals surface area contributed by atoms with Gasteiger partial charge in [-0.05, 0) is 56.1 Å². The van der Waals surface area contributed by atoms with Crippen LogP contribution >= 0.6 is 0 Å². The molecule has 28 heavy (non-hydrogen) atoms. The highest BCUT2D eigenvalue weighted by Gasteiger charge is 2.28. The smallest absolute Gasteiger partial charge is 0.200 e. The van der Waals surface area contributed by atoms with Crippen molar-refractivity contribution in [1.29, 1.82) is 0 Å². The van der Waals surface area contributed by atoms with E-state index in [1.165, 1.54) is 44.6 Å². The van der Waals surface area contributed by atoms with E-state index in [9.17, 15) is 8.78 Å². The van der Waals surface area contributed by atoms with Crippen molar-refractivity contribution in [3.8, 4) is 5.75 Å². The Hall–Kier alpha value is -1.20. The van der Waals surface area contributed by atoms with E-state index in [0.29, 0.717) is 31.1 Å². The standard InChI is InChI=1S/C23H34F2O3/c1-3-5-16-6-8-17(9-7-16)14-27-21-13-10-18(15-28-21)19-11-12-20(26-4-2)23(25)22(19)24/h11-12,16-18,21H,3-10,13-15H2,1-2H3. The van der Waals surface area contributed by atoms with E-state index in [-0.39, 0.29) is 18.0 Å². The minimum atomic E-state index is -0.906. The molecule has 0 bridgehead atoms. The summed E-state index contributed by atoms with van der Waals surface area (Å²) < 4.78 is 45.5. The quantitative estimate of drug-likeness (QED) is 0.523. The number of hydrogen-bond acceptors (Lipinski definition) is 3. The molecule has 1 saturated heterocycles. The first kappa shape index (κ1) is 21.5. The van der Waals surface area contributed by atoms with Crippen LogP contribution < -0.4 is 4.74 Å². The first-order valence-corrected chi connectivity index (χ1v) is 11.0. The highest BCUT2D eigenvalue weighted by molar-refractivity contribution is 5.33. The fraction of sp³-hybridized carbons (Fsp3) is 0.739. The predicted molar refractivity (Wildman–Crippen MR) is 106 cm³/mol. The van der Waals surface area contributed by atoms with Gasteiger partial charge in [-0.25, -0.2) is 4.39 Å². The molecule has 1 saturated carbocycles. The van der Waals surface area contributed by atoms with Crippen LogP contribution in [0.1, 0.15) is 76.7 Å². The Labute approximate surface area is 167 Å². The molecule has 3 rings (SSSR count). The topological polar surface area (TPSA) is 27.7 Å². The number of ether oxygens (including phenoxy) is 3. The second kappa shape index (κ2) is 10.5. The van der Waals surface area contributed by atoms with Gasteiger partial charge >= 0.3 is 0 Å². The molecule has 1 aromatic carbocycles. The highest BCUT2D eigenvalue weighted by Crippen LogP contribution is 2.35. The van der Waals surface area contributed by atoms with Gasteiger partial charge in [-0.3, -0.25) is 0 Å². The normalized spacial score (nSPS) is 28.3. The van der Waals surface area contributed by atoms with Gasteiger partial charge in [0.05, 0.1) is 19.8 Å². The van der Waals surface area contributed by atoms with Gasteiger partial charge in [0, 0.05) is 5.92 Å². The van der Waals surface area contributed by atoms with Crippen LogP contribution in [0.4, 0.5) is 8.78 Å². The molecule has 0 amide bonds. The zero-order valence-electron chi connectivity index (χ0n) is 17.2.